The number of aliphatic hydroxyl groups is 1. The third kappa shape index (κ3) is 8.96. The summed E-state index contributed by atoms with van der Waals surface area (Å²) in [6, 6.07) is 0. The Labute approximate surface area is 112 Å². The number of ether oxygens (including phenoxy) is 2. The second-order valence-electron chi connectivity index (χ2n) is 3.74. The van der Waals surface area contributed by atoms with Gasteiger partial charge in [0.2, 0.25) is 0 Å². The molecule has 0 aliphatic heterocycles. The fraction of sp³-hybridized carbons (Fsp3) is 0.800. The van der Waals surface area contributed by atoms with Crippen molar-refractivity contribution in [3.63, 3.8) is 0 Å². The first-order valence-electron chi connectivity index (χ1n) is 4.91. The molecular weight excluding hydrogens is 319 g/mol. The van der Waals surface area contributed by atoms with Gasteiger partial charge in [0.05, 0.1) is 18.6 Å². The van der Waals surface area contributed by atoms with Crippen molar-refractivity contribution in [3.8, 4) is 0 Å². The first kappa shape index (κ1) is 18.1. The molecule has 0 aliphatic rings. The quantitative estimate of drug-likeness (QED) is 0.523. The Morgan fingerprint density at radius 1 is 1.06 bits per heavy atom. The molecule has 1 unspecified atom stereocenters. The summed E-state index contributed by atoms with van der Waals surface area (Å²) < 4.78 is 9.49. The van der Waals surface area contributed by atoms with Gasteiger partial charge in [-0.05, 0) is 27.7 Å². The van der Waals surface area contributed by atoms with E-state index in [4.69, 9.17) is 9.47 Å². The van der Waals surface area contributed by atoms with Crippen LogP contribution in [0.2, 0.25) is 0 Å². The summed E-state index contributed by atoms with van der Waals surface area (Å²) in [5, 5.41) is 9.27. The molecule has 0 aromatic carbocycles. The van der Waals surface area contributed by atoms with Gasteiger partial charge in [-0.15, -0.1) is 0 Å². The number of hydrogen-bond acceptors (Lipinski definition) is 5. The van der Waals surface area contributed by atoms with Crippen LogP contribution in [0.1, 0.15) is 34.1 Å². The second-order valence-corrected chi connectivity index (χ2v) is 3.74. The number of esters is 2. The van der Waals surface area contributed by atoms with Gasteiger partial charge in [0.15, 0.2) is 6.10 Å². The van der Waals surface area contributed by atoms with E-state index in [2.05, 4.69) is 0 Å². The Morgan fingerprint density at radius 2 is 1.50 bits per heavy atom. The topological polar surface area (TPSA) is 72.8 Å². The summed E-state index contributed by atoms with van der Waals surface area (Å²) >= 11 is 0. The average Bonchev–Trinajstić information content (AvgIpc) is 2.00. The monoisotopic (exact) mass is 342 g/mol. The van der Waals surface area contributed by atoms with Crippen molar-refractivity contribution in [2.75, 3.05) is 0 Å². The molecule has 0 rings (SSSR count). The molecule has 0 saturated carbocycles. The minimum absolute atomic E-state index is 0. The number of rotatable bonds is 5. The molecule has 0 aromatic heterocycles. The number of carbonyl (C=O) groups is 2. The zero-order chi connectivity index (χ0) is 12.0. The van der Waals surface area contributed by atoms with Gasteiger partial charge in [0, 0.05) is 0 Å². The van der Waals surface area contributed by atoms with E-state index in [1.807, 2.05) is 0 Å². The summed E-state index contributed by atoms with van der Waals surface area (Å²) in [4.78, 5) is 22.2. The van der Waals surface area contributed by atoms with Crippen LogP contribution in [0.3, 0.4) is 0 Å². The predicted molar refractivity (Wildman–Crippen MR) is 64.4 cm³/mol. The van der Waals surface area contributed by atoms with E-state index in [9.17, 15) is 14.7 Å². The van der Waals surface area contributed by atoms with Crippen LogP contribution >= 0.6 is 0 Å². The van der Waals surface area contributed by atoms with Gasteiger partial charge in [0.1, 0.15) is 0 Å². The van der Waals surface area contributed by atoms with Crippen LogP contribution in [0.15, 0.2) is 0 Å². The van der Waals surface area contributed by atoms with E-state index >= 15 is 0 Å². The van der Waals surface area contributed by atoms with E-state index in [1.54, 1.807) is 27.7 Å². The Balaban J connectivity index is 0. The van der Waals surface area contributed by atoms with Crippen molar-refractivity contribution < 1.29 is 24.2 Å². The molecule has 0 spiro atoms. The minimum atomic E-state index is -1.45. The van der Waals surface area contributed by atoms with Crippen molar-refractivity contribution in [3.05, 3.63) is 0 Å². The van der Waals surface area contributed by atoms with E-state index in [0.717, 1.165) is 0 Å². The summed E-state index contributed by atoms with van der Waals surface area (Å²) in [6.07, 6.45) is -2.39. The molecule has 0 bridgehead atoms. The van der Waals surface area contributed by atoms with E-state index in [-0.39, 0.29) is 42.5 Å². The SMILES string of the molecule is CC(C)OC(=O)CC(O)C(=O)OC(C)C.[SnH4]. The summed E-state index contributed by atoms with van der Waals surface area (Å²) in [5.41, 5.74) is 0. The molecule has 5 nitrogen and oxygen atoms in total. The fourth-order valence-electron chi connectivity index (χ4n) is 0.863. The second kappa shape index (κ2) is 8.81. The van der Waals surface area contributed by atoms with Crippen LogP contribution in [0.25, 0.3) is 0 Å². The van der Waals surface area contributed by atoms with Crippen molar-refractivity contribution in [1.82, 2.24) is 0 Å². The van der Waals surface area contributed by atoms with Crippen molar-refractivity contribution in [1.29, 1.82) is 0 Å². The third-order valence-corrected chi connectivity index (χ3v) is 1.35. The first-order chi connectivity index (χ1) is 6.82. The van der Waals surface area contributed by atoms with E-state index in [0.29, 0.717) is 0 Å². The molecular formula is C10H22O5Sn. The van der Waals surface area contributed by atoms with Gasteiger partial charge >= 0.3 is 35.8 Å². The summed E-state index contributed by atoms with van der Waals surface area (Å²) in [5.74, 6) is -1.41. The third-order valence-electron chi connectivity index (χ3n) is 1.35. The summed E-state index contributed by atoms with van der Waals surface area (Å²) in [6.45, 7) is 6.71. The predicted octanol–water partition coefficient (Wildman–Crippen LogP) is -0.811. The number of hydrogen-bond donors (Lipinski definition) is 1. The van der Waals surface area contributed by atoms with Crippen molar-refractivity contribution >= 4 is 35.8 Å². The fourth-order valence-corrected chi connectivity index (χ4v) is 0.863. The Hall–Kier alpha value is -0.301. The molecule has 0 radical (unpaired) electrons. The molecule has 0 aliphatic carbocycles. The van der Waals surface area contributed by atoms with Gasteiger partial charge in [0.25, 0.3) is 0 Å². The molecule has 16 heavy (non-hydrogen) atoms. The maximum atomic E-state index is 11.1. The normalized spacial score (nSPS) is 11.9. The van der Waals surface area contributed by atoms with E-state index < -0.39 is 18.0 Å². The number of carbonyl (C=O) groups excluding carboxylic acids is 2. The molecule has 0 saturated heterocycles. The van der Waals surface area contributed by atoms with Crippen molar-refractivity contribution in [2.24, 2.45) is 0 Å². The standard InChI is InChI=1S/C10H18O5.Sn.4H/c1-6(2)14-9(12)5-8(11)10(13)15-7(3)4;;;;;/h6-8,11H,5H2,1-4H3;;;;;. The van der Waals surface area contributed by atoms with Gasteiger partial charge < -0.3 is 14.6 Å². The van der Waals surface area contributed by atoms with Gasteiger partial charge in [-0.25, -0.2) is 4.79 Å². The van der Waals surface area contributed by atoms with Gasteiger partial charge in [-0.1, -0.05) is 0 Å². The van der Waals surface area contributed by atoms with Gasteiger partial charge in [-0.3, -0.25) is 4.79 Å². The molecule has 0 amide bonds. The molecule has 0 heterocycles. The average molecular weight is 341 g/mol. The van der Waals surface area contributed by atoms with Crippen LogP contribution in [0.4, 0.5) is 0 Å². The molecule has 1 N–H and O–H groups in total. The molecule has 0 fully saturated rings. The van der Waals surface area contributed by atoms with Crippen LogP contribution in [-0.4, -0.2) is 59.3 Å². The zero-order valence-corrected chi connectivity index (χ0v) is 9.52. The Kier molecular flexibility index (Phi) is 9.95. The first-order valence-corrected chi connectivity index (χ1v) is 4.91. The Bertz CT molecular complexity index is 227. The van der Waals surface area contributed by atoms with Crippen molar-refractivity contribution in [2.45, 2.75) is 52.4 Å². The van der Waals surface area contributed by atoms with Crippen LogP contribution in [-0.2, 0) is 19.1 Å². The summed E-state index contributed by atoms with van der Waals surface area (Å²) in [7, 11) is 0. The molecule has 1 atom stereocenters. The van der Waals surface area contributed by atoms with Crippen LogP contribution < -0.4 is 0 Å². The molecule has 0 aromatic rings. The molecule has 6 heteroatoms. The van der Waals surface area contributed by atoms with Gasteiger partial charge in [-0.2, -0.15) is 0 Å². The number of aliphatic hydroxyl groups excluding tert-OH is 1. The molecule has 96 valence electrons. The Morgan fingerprint density at radius 3 is 1.88 bits per heavy atom. The van der Waals surface area contributed by atoms with Crippen LogP contribution in [0.5, 0.6) is 0 Å². The van der Waals surface area contributed by atoms with Crippen LogP contribution in [0, 0.1) is 0 Å². The van der Waals surface area contributed by atoms with E-state index in [1.165, 1.54) is 0 Å². The maximum absolute atomic E-state index is 11.1. The zero-order valence-electron chi connectivity index (χ0n) is 9.52.